The Morgan fingerprint density at radius 3 is 1.81 bits per heavy atom. The molecule has 0 spiro atoms. The van der Waals surface area contributed by atoms with Gasteiger partial charge in [0.15, 0.2) is 0 Å². The molecule has 4 nitrogen and oxygen atoms in total. The fourth-order valence-corrected chi connectivity index (χ4v) is 4.58. The molecule has 96 valence electrons. The molecule has 1 atom stereocenters. The molecular formula is C11H25NO3Si. The van der Waals surface area contributed by atoms with Crippen molar-refractivity contribution in [2.24, 2.45) is 5.73 Å². The molecule has 0 radical (unpaired) electrons. The minimum absolute atomic E-state index is 0.0809. The average molecular weight is 247 g/mol. The summed E-state index contributed by atoms with van der Waals surface area (Å²) in [6.45, 7) is 12.0. The van der Waals surface area contributed by atoms with Crippen molar-refractivity contribution in [2.45, 2.75) is 32.7 Å². The lowest BCUT2D eigenvalue weighted by Gasteiger charge is -2.33. The van der Waals surface area contributed by atoms with Crippen LogP contribution in [-0.2, 0) is 13.3 Å². The Bertz CT molecular complexity index is 173. The van der Waals surface area contributed by atoms with Crippen LogP contribution in [0.5, 0.6) is 0 Å². The van der Waals surface area contributed by atoms with Crippen molar-refractivity contribution in [3.8, 4) is 0 Å². The molecule has 0 aromatic heterocycles. The van der Waals surface area contributed by atoms with Crippen molar-refractivity contribution in [1.29, 1.82) is 0 Å². The van der Waals surface area contributed by atoms with Crippen molar-refractivity contribution in [2.75, 3.05) is 26.4 Å². The Hall–Kier alpha value is -0.203. The highest BCUT2D eigenvalue weighted by atomic mass is 28.4. The number of nitrogens with two attached hydrogens (primary N) is 1. The van der Waals surface area contributed by atoms with E-state index in [-0.39, 0.29) is 5.54 Å². The topological polar surface area (TPSA) is 53.7 Å². The van der Waals surface area contributed by atoms with Gasteiger partial charge in [-0.05, 0) is 33.7 Å². The van der Waals surface area contributed by atoms with E-state index in [0.717, 1.165) is 6.42 Å². The predicted octanol–water partition coefficient (Wildman–Crippen LogP) is 1.94. The van der Waals surface area contributed by atoms with E-state index < -0.39 is 8.80 Å². The largest absolute Gasteiger partial charge is 0.508 e. The quantitative estimate of drug-likeness (QED) is 0.473. The molecule has 16 heavy (non-hydrogen) atoms. The molecule has 0 aromatic rings. The fourth-order valence-electron chi connectivity index (χ4n) is 1.67. The van der Waals surface area contributed by atoms with Crippen molar-refractivity contribution in [1.82, 2.24) is 0 Å². The third kappa shape index (κ3) is 4.35. The van der Waals surface area contributed by atoms with Gasteiger partial charge in [0.2, 0.25) is 0 Å². The standard InChI is InChI=1S/C11H25NO3Si/c1-5-11(9-10-12)16(13-6-2,14-7-3)15-8-4/h5,11H,1,6-10,12H2,2-4H3. The van der Waals surface area contributed by atoms with E-state index in [9.17, 15) is 0 Å². The summed E-state index contributed by atoms with van der Waals surface area (Å²) in [5.74, 6) is 0. The van der Waals surface area contributed by atoms with Crippen LogP contribution in [-0.4, -0.2) is 35.2 Å². The van der Waals surface area contributed by atoms with Gasteiger partial charge in [0, 0.05) is 25.4 Å². The van der Waals surface area contributed by atoms with Gasteiger partial charge in [-0.1, -0.05) is 6.08 Å². The molecule has 0 heterocycles. The summed E-state index contributed by atoms with van der Waals surface area (Å²) < 4.78 is 17.4. The van der Waals surface area contributed by atoms with E-state index in [4.69, 9.17) is 19.0 Å². The SMILES string of the molecule is C=CC(CCN)[Si](OCC)(OCC)OCC. The third-order valence-electron chi connectivity index (χ3n) is 2.25. The zero-order valence-corrected chi connectivity index (χ0v) is 11.7. The molecule has 0 aromatic carbocycles. The Morgan fingerprint density at radius 2 is 1.56 bits per heavy atom. The van der Waals surface area contributed by atoms with Gasteiger partial charge in [0.1, 0.15) is 0 Å². The first-order valence-electron chi connectivity index (χ1n) is 5.95. The summed E-state index contributed by atoms with van der Waals surface area (Å²) in [6, 6.07) is 0. The van der Waals surface area contributed by atoms with Crippen LogP contribution in [0.1, 0.15) is 27.2 Å². The van der Waals surface area contributed by atoms with Gasteiger partial charge in [-0.2, -0.15) is 0 Å². The zero-order chi connectivity index (χ0) is 12.4. The summed E-state index contributed by atoms with van der Waals surface area (Å²) >= 11 is 0. The molecule has 0 fully saturated rings. The zero-order valence-electron chi connectivity index (χ0n) is 10.7. The Morgan fingerprint density at radius 1 is 1.12 bits per heavy atom. The summed E-state index contributed by atoms with van der Waals surface area (Å²) in [6.07, 6.45) is 2.63. The van der Waals surface area contributed by atoms with Crippen LogP contribution >= 0.6 is 0 Å². The van der Waals surface area contributed by atoms with Gasteiger partial charge in [0.05, 0.1) is 0 Å². The van der Waals surface area contributed by atoms with Gasteiger partial charge in [-0.15, -0.1) is 6.58 Å². The van der Waals surface area contributed by atoms with Crippen LogP contribution < -0.4 is 5.73 Å². The minimum Gasteiger partial charge on any atom is -0.373 e. The van der Waals surface area contributed by atoms with Crippen LogP contribution in [0.2, 0.25) is 5.54 Å². The third-order valence-corrected chi connectivity index (χ3v) is 5.76. The van der Waals surface area contributed by atoms with Crippen molar-refractivity contribution < 1.29 is 13.3 Å². The monoisotopic (exact) mass is 247 g/mol. The highest BCUT2D eigenvalue weighted by molar-refractivity contribution is 6.63. The lowest BCUT2D eigenvalue weighted by Crippen LogP contribution is -2.50. The molecule has 0 bridgehead atoms. The highest BCUT2D eigenvalue weighted by Gasteiger charge is 2.47. The maximum atomic E-state index is 5.78. The summed E-state index contributed by atoms with van der Waals surface area (Å²) in [5, 5.41) is 0. The first-order chi connectivity index (χ1) is 7.70. The number of hydrogen-bond donors (Lipinski definition) is 1. The summed E-state index contributed by atoms with van der Waals surface area (Å²) in [5.41, 5.74) is 5.68. The smallest absolute Gasteiger partial charge is 0.373 e. The second-order valence-corrected chi connectivity index (χ2v) is 6.14. The Labute approximate surface area is 100 Å². The molecule has 0 saturated carbocycles. The minimum atomic E-state index is -2.64. The van der Waals surface area contributed by atoms with Gasteiger partial charge in [-0.3, -0.25) is 0 Å². The second kappa shape index (κ2) is 8.89. The lowest BCUT2D eigenvalue weighted by molar-refractivity contribution is 0.0646. The second-order valence-electron chi connectivity index (χ2n) is 3.32. The Kier molecular flexibility index (Phi) is 8.78. The van der Waals surface area contributed by atoms with Crippen LogP contribution in [0.25, 0.3) is 0 Å². The number of hydrogen-bond acceptors (Lipinski definition) is 4. The van der Waals surface area contributed by atoms with E-state index in [0.29, 0.717) is 26.4 Å². The summed E-state index contributed by atoms with van der Waals surface area (Å²) in [4.78, 5) is 0. The predicted molar refractivity (Wildman–Crippen MR) is 68.3 cm³/mol. The van der Waals surface area contributed by atoms with E-state index in [1.807, 2.05) is 26.8 Å². The molecule has 0 saturated heterocycles. The molecule has 0 aliphatic carbocycles. The number of rotatable bonds is 10. The van der Waals surface area contributed by atoms with Gasteiger partial charge >= 0.3 is 8.80 Å². The van der Waals surface area contributed by atoms with E-state index in [1.54, 1.807) is 0 Å². The normalized spacial score (nSPS) is 13.8. The van der Waals surface area contributed by atoms with Crippen LogP contribution in [0, 0.1) is 0 Å². The molecule has 0 rings (SSSR count). The molecule has 0 aliphatic heterocycles. The molecule has 1 unspecified atom stereocenters. The van der Waals surface area contributed by atoms with Crippen molar-refractivity contribution >= 4 is 8.80 Å². The fraction of sp³-hybridized carbons (Fsp3) is 0.818. The molecule has 2 N–H and O–H groups in total. The molecular weight excluding hydrogens is 222 g/mol. The first-order valence-corrected chi connectivity index (χ1v) is 7.75. The van der Waals surface area contributed by atoms with E-state index in [1.165, 1.54) is 0 Å². The van der Waals surface area contributed by atoms with Crippen LogP contribution in [0.4, 0.5) is 0 Å². The van der Waals surface area contributed by atoms with Crippen molar-refractivity contribution in [3.05, 3.63) is 12.7 Å². The van der Waals surface area contributed by atoms with E-state index in [2.05, 4.69) is 6.58 Å². The molecule has 5 heteroatoms. The Balaban J connectivity index is 4.85. The van der Waals surface area contributed by atoms with E-state index >= 15 is 0 Å². The molecule has 0 aliphatic rings. The highest BCUT2D eigenvalue weighted by Crippen LogP contribution is 2.29. The maximum absolute atomic E-state index is 5.78. The summed E-state index contributed by atoms with van der Waals surface area (Å²) in [7, 11) is -2.64. The van der Waals surface area contributed by atoms with Gasteiger partial charge in [-0.25, -0.2) is 0 Å². The average Bonchev–Trinajstić information content (AvgIpc) is 2.26. The maximum Gasteiger partial charge on any atom is 0.508 e. The van der Waals surface area contributed by atoms with Crippen LogP contribution in [0.15, 0.2) is 12.7 Å². The van der Waals surface area contributed by atoms with Crippen molar-refractivity contribution in [3.63, 3.8) is 0 Å². The van der Waals surface area contributed by atoms with Gasteiger partial charge < -0.3 is 19.0 Å². The lowest BCUT2D eigenvalue weighted by atomic mass is 10.3. The first kappa shape index (κ1) is 15.8. The van der Waals surface area contributed by atoms with Gasteiger partial charge in [0.25, 0.3) is 0 Å². The molecule has 0 amide bonds. The van der Waals surface area contributed by atoms with Crippen LogP contribution in [0.3, 0.4) is 0 Å². The number of allylic oxidation sites excluding steroid dienone is 1.